The number of halogens is 1. The summed E-state index contributed by atoms with van der Waals surface area (Å²) in [5.41, 5.74) is 2.38. The van der Waals surface area contributed by atoms with E-state index in [2.05, 4.69) is 50.1 Å². The van der Waals surface area contributed by atoms with E-state index in [0.29, 0.717) is 6.04 Å². The lowest BCUT2D eigenvalue weighted by Crippen LogP contribution is -2.22. The third kappa shape index (κ3) is 3.56. The standard InChI is InChI=1S/C15H19ClN2S/c1-9(13-5-7-14(16)8-6-13)17-10(2)15-11(3)18-12(4)19-15/h5-10,17H,1-4H3. The van der Waals surface area contributed by atoms with Gasteiger partial charge in [-0.2, -0.15) is 0 Å². The second kappa shape index (κ2) is 6.04. The molecular weight excluding hydrogens is 276 g/mol. The summed E-state index contributed by atoms with van der Waals surface area (Å²) in [5.74, 6) is 0. The minimum atomic E-state index is 0.286. The van der Waals surface area contributed by atoms with Crippen molar-refractivity contribution in [2.45, 2.75) is 39.8 Å². The van der Waals surface area contributed by atoms with Crippen LogP contribution in [0.5, 0.6) is 0 Å². The van der Waals surface area contributed by atoms with E-state index in [0.717, 1.165) is 15.7 Å². The largest absolute Gasteiger partial charge is 0.303 e. The van der Waals surface area contributed by atoms with Crippen LogP contribution < -0.4 is 5.32 Å². The van der Waals surface area contributed by atoms with Gasteiger partial charge in [0.15, 0.2) is 0 Å². The molecule has 0 amide bonds. The van der Waals surface area contributed by atoms with Gasteiger partial charge in [-0.1, -0.05) is 23.7 Å². The summed E-state index contributed by atoms with van der Waals surface area (Å²) in [6.45, 7) is 8.48. The normalized spacial score (nSPS) is 14.4. The molecule has 0 radical (unpaired) electrons. The number of nitrogens with one attached hydrogen (secondary N) is 1. The molecule has 19 heavy (non-hydrogen) atoms. The van der Waals surface area contributed by atoms with Gasteiger partial charge in [-0.05, 0) is 45.4 Å². The van der Waals surface area contributed by atoms with Crippen molar-refractivity contribution in [2.24, 2.45) is 0 Å². The maximum Gasteiger partial charge on any atom is 0.0900 e. The maximum atomic E-state index is 5.91. The first-order chi connectivity index (χ1) is 8.97. The topological polar surface area (TPSA) is 24.9 Å². The molecule has 0 saturated carbocycles. The minimum Gasteiger partial charge on any atom is -0.303 e. The molecule has 0 aliphatic rings. The maximum absolute atomic E-state index is 5.91. The third-order valence-electron chi connectivity index (χ3n) is 3.20. The molecule has 0 aliphatic heterocycles. The molecular formula is C15H19ClN2S. The Kier molecular flexibility index (Phi) is 4.61. The van der Waals surface area contributed by atoms with Crippen molar-refractivity contribution >= 4 is 22.9 Å². The molecule has 0 bridgehead atoms. The van der Waals surface area contributed by atoms with Crippen LogP contribution in [0.3, 0.4) is 0 Å². The van der Waals surface area contributed by atoms with Crippen molar-refractivity contribution in [3.05, 3.63) is 50.4 Å². The van der Waals surface area contributed by atoms with Crippen molar-refractivity contribution in [3.63, 3.8) is 0 Å². The smallest absolute Gasteiger partial charge is 0.0900 e. The van der Waals surface area contributed by atoms with Crippen LogP contribution >= 0.6 is 22.9 Å². The number of hydrogen-bond acceptors (Lipinski definition) is 3. The van der Waals surface area contributed by atoms with E-state index in [1.54, 1.807) is 11.3 Å². The lowest BCUT2D eigenvalue weighted by molar-refractivity contribution is 0.498. The second-order valence-electron chi connectivity index (χ2n) is 4.84. The highest BCUT2D eigenvalue weighted by molar-refractivity contribution is 7.11. The zero-order valence-electron chi connectivity index (χ0n) is 11.7. The molecule has 1 aromatic heterocycles. The van der Waals surface area contributed by atoms with E-state index in [-0.39, 0.29) is 6.04 Å². The Morgan fingerprint density at radius 3 is 2.26 bits per heavy atom. The van der Waals surface area contributed by atoms with Gasteiger partial charge in [0, 0.05) is 22.0 Å². The van der Waals surface area contributed by atoms with Gasteiger partial charge in [-0.15, -0.1) is 11.3 Å². The highest BCUT2D eigenvalue weighted by Crippen LogP contribution is 2.27. The van der Waals surface area contributed by atoms with Crippen molar-refractivity contribution in [2.75, 3.05) is 0 Å². The third-order valence-corrected chi connectivity index (χ3v) is 4.71. The van der Waals surface area contributed by atoms with Gasteiger partial charge in [0.1, 0.15) is 0 Å². The molecule has 4 heteroatoms. The molecule has 2 rings (SSSR count). The van der Waals surface area contributed by atoms with Crippen LogP contribution in [0.2, 0.25) is 5.02 Å². The van der Waals surface area contributed by atoms with Crippen LogP contribution in [0.1, 0.15) is 47.1 Å². The fourth-order valence-electron chi connectivity index (χ4n) is 2.25. The molecule has 2 atom stereocenters. The Labute approximate surface area is 123 Å². The van der Waals surface area contributed by atoms with E-state index < -0.39 is 0 Å². The zero-order chi connectivity index (χ0) is 14.0. The van der Waals surface area contributed by atoms with Crippen molar-refractivity contribution in [1.82, 2.24) is 10.3 Å². The fraction of sp³-hybridized carbons (Fsp3) is 0.400. The van der Waals surface area contributed by atoms with Gasteiger partial charge < -0.3 is 5.32 Å². The summed E-state index contributed by atoms with van der Waals surface area (Å²) in [7, 11) is 0. The Morgan fingerprint density at radius 2 is 1.74 bits per heavy atom. The molecule has 0 aliphatic carbocycles. The summed E-state index contributed by atoms with van der Waals surface area (Å²) in [6, 6.07) is 8.59. The van der Waals surface area contributed by atoms with Crippen LogP contribution in [-0.2, 0) is 0 Å². The zero-order valence-corrected chi connectivity index (χ0v) is 13.3. The quantitative estimate of drug-likeness (QED) is 0.874. The van der Waals surface area contributed by atoms with Gasteiger partial charge in [0.25, 0.3) is 0 Å². The minimum absolute atomic E-state index is 0.286. The molecule has 0 spiro atoms. The van der Waals surface area contributed by atoms with E-state index in [4.69, 9.17) is 11.6 Å². The number of aryl methyl sites for hydroxylation is 2. The molecule has 0 saturated heterocycles. The number of benzene rings is 1. The Balaban J connectivity index is 2.08. The van der Waals surface area contributed by atoms with Crippen LogP contribution in [0.15, 0.2) is 24.3 Å². The lowest BCUT2D eigenvalue weighted by atomic mass is 10.1. The predicted octanol–water partition coefficient (Wildman–Crippen LogP) is 4.83. The van der Waals surface area contributed by atoms with Gasteiger partial charge >= 0.3 is 0 Å². The van der Waals surface area contributed by atoms with E-state index >= 15 is 0 Å². The molecule has 102 valence electrons. The highest BCUT2D eigenvalue weighted by atomic mass is 35.5. The van der Waals surface area contributed by atoms with Crippen LogP contribution in [-0.4, -0.2) is 4.98 Å². The summed E-state index contributed by atoms with van der Waals surface area (Å²) in [6.07, 6.45) is 0. The second-order valence-corrected chi connectivity index (χ2v) is 6.52. The SMILES string of the molecule is Cc1nc(C)c(C(C)NC(C)c2ccc(Cl)cc2)s1. The van der Waals surface area contributed by atoms with Crippen molar-refractivity contribution in [1.29, 1.82) is 0 Å². The van der Waals surface area contributed by atoms with Gasteiger partial charge in [-0.25, -0.2) is 4.98 Å². The number of nitrogens with zero attached hydrogens (tertiary/aromatic N) is 1. The summed E-state index contributed by atoms with van der Waals surface area (Å²) in [4.78, 5) is 5.80. The Morgan fingerprint density at radius 1 is 1.11 bits per heavy atom. The van der Waals surface area contributed by atoms with E-state index in [9.17, 15) is 0 Å². The Hall–Kier alpha value is -0.900. The van der Waals surface area contributed by atoms with E-state index in [1.807, 2.05) is 12.1 Å². The summed E-state index contributed by atoms with van der Waals surface area (Å²) in [5, 5.41) is 5.51. The molecule has 1 heterocycles. The van der Waals surface area contributed by atoms with E-state index in [1.165, 1.54) is 10.4 Å². The first-order valence-electron chi connectivity index (χ1n) is 6.43. The first kappa shape index (κ1) is 14.5. The van der Waals surface area contributed by atoms with Gasteiger partial charge in [-0.3, -0.25) is 0 Å². The van der Waals surface area contributed by atoms with Gasteiger partial charge in [0.05, 0.1) is 10.7 Å². The number of aromatic nitrogens is 1. The van der Waals surface area contributed by atoms with Crippen LogP contribution in [0.25, 0.3) is 0 Å². The molecule has 2 aromatic rings. The molecule has 2 nitrogen and oxygen atoms in total. The van der Waals surface area contributed by atoms with Crippen LogP contribution in [0.4, 0.5) is 0 Å². The number of rotatable bonds is 4. The highest BCUT2D eigenvalue weighted by Gasteiger charge is 2.15. The summed E-state index contributed by atoms with van der Waals surface area (Å²) >= 11 is 7.68. The molecule has 0 fully saturated rings. The monoisotopic (exact) mass is 294 g/mol. The molecule has 2 unspecified atom stereocenters. The molecule has 1 N–H and O–H groups in total. The lowest BCUT2D eigenvalue weighted by Gasteiger charge is -2.20. The van der Waals surface area contributed by atoms with Gasteiger partial charge in [0.2, 0.25) is 0 Å². The average molecular weight is 295 g/mol. The fourth-order valence-corrected chi connectivity index (χ4v) is 3.31. The Bertz CT molecular complexity index is 548. The summed E-state index contributed by atoms with van der Waals surface area (Å²) < 4.78 is 0. The molecule has 1 aromatic carbocycles. The average Bonchev–Trinajstić information content (AvgIpc) is 2.69. The predicted molar refractivity (Wildman–Crippen MR) is 83.0 cm³/mol. The first-order valence-corrected chi connectivity index (χ1v) is 7.62. The number of hydrogen-bond donors (Lipinski definition) is 1. The van der Waals surface area contributed by atoms with Crippen LogP contribution in [0, 0.1) is 13.8 Å². The van der Waals surface area contributed by atoms with Crippen molar-refractivity contribution < 1.29 is 0 Å². The number of thiazole rings is 1. The van der Waals surface area contributed by atoms with Crippen molar-refractivity contribution in [3.8, 4) is 0 Å².